The summed E-state index contributed by atoms with van der Waals surface area (Å²) in [6.07, 6.45) is 3.25. The Kier molecular flexibility index (Phi) is 6.36. The number of hydrogen-bond donors (Lipinski definition) is 1. The molecule has 0 bridgehead atoms. The molecule has 162 valence electrons. The van der Waals surface area contributed by atoms with Crippen molar-refractivity contribution in [2.75, 3.05) is 6.61 Å². The molecule has 0 spiro atoms. The molecule has 0 amide bonds. The van der Waals surface area contributed by atoms with Gasteiger partial charge in [-0.1, -0.05) is 87.5 Å². The van der Waals surface area contributed by atoms with Crippen molar-refractivity contribution in [3.05, 3.63) is 101 Å². The first-order valence-corrected chi connectivity index (χ1v) is 12.7. The summed E-state index contributed by atoms with van der Waals surface area (Å²) in [4.78, 5) is 0. The van der Waals surface area contributed by atoms with Crippen molar-refractivity contribution in [3.8, 4) is 5.75 Å². The van der Waals surface area contributed by atoms with E-state index in [9.17, 15) is 5.11 Å². The molecule has 1 atom stereocenters. The van der Waals surface area contributed by atoms with E-state index in [-0.39, 0.29) is 17.1 Å². The van der Waals surface area contributed by atoms with E-state index in [1.54, 1.807) is 0 Å². The number of fused-ring (bicyclic) bond motifs is 1. The predicted molar refractivity (Wildman–Crippen MR) is 132 cm³/mol. The van der Waals surface area contributed by atoms with E-state index < -0.39 is 9.76 Å². The van der Waals surface area contributed by atoms with Crippen molar-refractivity contribution in [1.29, 1.82) is 0 Å². The average molecular weight is 431 g/mol. The Labute approximate surface area is 189 Å². The fourth-order valence-electron chi connectivity index (χ4n) is 5.16. The highest BCUT2D eigenvalue weighted by molar-refractivity contribution is 6.33. The van der Waals surface area contributed by atoms with Gasteiger partial charge in [0.25, 0.3) is 0 Å². The first-order chi connectivity index (χ1) is 14.9. The van der Waals surface area contributed by atoms with Crippen molar-refractivity contribution in [3.63, 3.8) is 0 Å². The molecule has 0 radical (unpaired) electrons. The Morgan fingerprint density at radius 2 is 1.58 bits per heavy atom. The fraction of sp³-hybridized carbons (Fsp3) is 0.357. The zero-order valence-corrected chi connectivity index (χ0v) is 20.4. The van der Waals surface area contributed by atoms with Gasteiger partial charge in [0.1, 0.15) is 5.75 Å². The first kappa shape index (κ1) is 21.9. The third-order valence-electron chi connectivity index (χ3n) is 6.91. The molecule has 0 aromatic heterocycles. The maximum atomic E-state index is 9.93. The summed E-state index contributed by atoms with van der Waals surface area (Å²) < 4.78 is 6.54. The quantitative estimate of drug-likeness (QED) is 0.483. The van der Waals surface area contributed by atoms with Gasteiger partial charge in [0.05, 0.1) is 6.61 Å². The summed E-state index contributed by atoms with van der Waals surface area (Å²) in [6.45, 7) is 7.09. The highest BCUT2D eigenvalue weighted by Gasteiger charge is 2.35. The van der Waals surface area contributed by atoms with Gasteiger partial charge in [0.15, 0.2) is 0 Å². The predicted octanol–water partition coefficient (Wildman–Crippen LogP) is 5.77. The lowest BCUT2D eigenvalue weighted by atomic mass is 9.72. The van der Waals surface area contributed by atoms with Crippen LogP contribution in [-0.4, -0.2) is 21.5 Å². The van der Waals surface area contributed by atoms with E-state index in [0.717, 1.165) is 25.0 Å². The van der Waals surface area contributed by atoms with Crippen LogP contribution < -0.4 is 4.43 Å². The molecule has 0 fully saturated rings. The molecule has 1 N–H and O–H groups in total. The van der Waals surface area contributed by atoms with Crippen molar-refractivity contribution < 1.29 is 9.53 Å². The molecule has 3 heteroatoms. The molecular formula is C28H34O2Si. The van der Waals surface area contributed by atoms with Gasteiger partial charge in [0, 0.05) is 11.3 Å². The summed E-state index contributed by atoms with van der Waals surface area (Å²) >= 11 is 0. The van der Waals surface area contributed by atoms with Crippen LogP contribution in [-0.2, 0) is 11.8 Å². The smallest absolute Gasteiger partial charge is 0.226 e. The van der Waals surface area contributed by atoms with Crippen LogP contribution in [0.5, 0.6) is 5.75 Å². The summed E-state index contributed by atoms with van der Waals surface area (Å²) in [5, 5.41) is 9.97. The minimum absolute atomic E-state index is 0.0399. The molecule has 3 aromatic rings. The van der Waals surface area contributed by atoms with Gasteiger partial charge in [0.2, 0.25) is 9.76 Å². The summed E-state index contributed by atoms with van der Waals surface area (Å²) in [5.41, 5.74) is 5.21. The summed E-state index contributed by atoms with van der Waals surface area (Å²) in [6, 6.07) is 28.2. The second-order valence-electron chi connectivity index (χ2n) is 9.92. The second-order valence-corrected chi connectivity index (χ2v) is 12.3. The standard InChI is InChI=1S/C28H34O2Si/c1-27(2,26(21-11-6-4-7-12-21)22-13-8-5-9-14-22)31-30-24-16-17-25-23(19-24)15-10-18-28(25,3)20-29/h4-9,11-14,16-17,19,26,29H,10,15,18,20,31H2,1-3H3. The molecule has 0 saturated carbocycles. The molecule has 3 aromatic carbocycles. The van der Waals surface area contributed by atoms with Gasteiger partial charge in [-0.2, -0.15) is 0 Å². The van der Waals surface area contributed by atoms with E-state index in [4.69, 9.17) is 4.43 Å². The molecule has 1 unspecified atom stereocenters. The molecular weight excluding hydrogens is 396 g/mol. The van der Waals surface area contributed by atoms with Crippen molar-refractivity contribution in [2.45, 2.75) is 56.4 Å². The summed E-state index contributed by atoms with van der Waals surface area (Å²) in [5.74, 6) is 1.29. The Bertz CT molecular complexity index is 961. The SMILES string of the molecule is CC1(CO)CCCc2cc(O[SiH2]C(C)(C)C(c3ccccc3)c3ccccc3)ccc21. The number of aryl methyl sites for hydroxylation is 1. The Morgan fingerprint density at radius 1 is 0.968 bits per heavy atom. The minimum atomic E-state index is -0.901. The first-order valence-electron chi connectivity index (χ1n) is 11.4. The lowest BCUT2D eigenvalue weighted by Gasteiger charge is -2.36. The Hall–Kier alpha value is -2.36. The molecule has 0 saturated heterocycles. The van der Waals surface area contributed by atoms with E-state index in [1.807, 2.05) is 0 Å². The van der Waals surface area contributed by atoms with Gasteiger partial charge >= 0.3 is 0 Å². The van der Waals surface area contributed by atoms with Crippen molar-refractivity contribution in [1.82, 2.24) is 0 Å². The number of aliphatic hydroxyl groups is 1. The highest BCUT2D eigenvalue weighted by atomic mass is 28.2. The van der Waals surface area contributed by atoms with Gasteiger partial charge in [-0.25, -0.2) is 0 Å². The molecule has 1 aliphatic rings. The van der Waals surface area contributed by atoms with Crippen LogP contribution in [0.25, 0.3) is 0 Å². The van der Waals surface area contributed by atoms with Gasteiger partial charge < -0.3 is 9.53 Å². The largest absolute Gasteiger partial charge is 0.549 e. The zero-order chi connectivity index (χ0) is 21.9. The van der Waals surface area contributed by atoms with Gasteiger partial charge in [-0.3, -0.25) is 0 Å². The molecule has 1 aliphatic carbocycles. The van der Waals surface area contributed by atoms with Crippen molar-refractivity contribution in [2.24, 2.45) is 0 Å². The highest BCUT2D eigenvalue weighted by Crippen LogP contribution is 2.46. The van der Waals surface area contributed by atoms with Crippen LogP contribution in [0.3, 0.4) is 0 Å². The van der Waals surface area contributed by atoms with Crippen LogP contribution in [0, 0.1) is 0 Å². The molecule has 4 rings (SSSR count). The number of benzene rings is 3. The minimum Gasteiger partial charge on any atom is -0.549 e. The van der Waals surface area contributed by atoms with Gasteiger partial charge in [-0.05, 0) is 58.7 Å². The monoisotopic (exact) mass is 430 g/mol. The van der Waals surface area contributed by atoms with Crippen LogP contribution in [0.1, 0.15) is 61.8 Å². The normalized spacial score (nSPS) is 19.0. The molecule has 0 heterocycles. The Morgan fingerprint density at radius 3 is 2.16 bits per heavy atom. The maximum Gasteiger partial charge on any atom is 0.226 e. The van der Waals surface area contributed by atoms with Crippen LogP contribution in [0.2, 0.25) is 5.04 Å². The lowest BCUT2D eigenvalue weighted by molar-refractivity contribution is 0.188. The zero-order valence-electron chi connectivity index (χ0n) is 19.0. The second kappa shape index (κ2) is 9.02. The summed E-state index contributed by atoms with van der Waals surface area (Å²) in [7, 11) is -0.901. The number of aliphatic hydroxyl groups excluding tert-OH is 1. The molecule has 2 nitrogen and oxygen atoms in total. The number of hydrogen-bond acceptors (Lipinski definition) is 2. The third kappa shape index (κ3) is 4.63. The van der Waals surface area contributed by atoms with E-state index >= 15 is 0 Å². The molecule has 0 aliphatic heterocycles. The van der Waals surface area contributed by atoms with Crippen LogP contribution >= 0.6 is 0 Å². The van der Waals surface area contributed by atoms with Gasteiger partial charge in [-0.15, -0.1) is 0 Å². The lowest BCUT2D eigenvalue weighted by Crippen LogP contribution is -2.31. The van der Waals surface area contributed by atoms with E-state index in [1.165, 1.54) is 22.3 Å². The Balaban J connectivity index is 1.58. The van der Waals surface area contributed by atoms with Crippen molar-refractivity contribution >= 4 is 9.76 Å². The molecule has 31 heavy (non-hydrogen) atoms. The van der Waals surface area contributed by atoms with Crippen LogP contribution in [0.15, 0.2) is 78.9 Å². The average Bonchev–Trinajstić information content (AvgIpc) is 2.79. The van der Waals surface area contributed by atoms with E-state index in [0.29, 0.717) is 5.92 Å². The fourth-order valence-corrected chi connectivity index (χ4v) is 6.52. The van der Waals surface area contributed by atoms with Crippen LogP contribution in [0.4, 0.5) is 0 Å². The topological polar surface area (TPSA) is 29.5 Å². The third-order valence-corrected chi connectivity index (χ3v) is 8.54. The maximum absolute atomic E-state index is 9.93. The van der Waals surface area contributed by atoms with E-state index in [2.05, 4.69) is 99.6 Å². The number of rotatable bonds is 7.